The van der Waals surface area contributed by atoms with Crippen molar-refractivity contribution in [1.29, 1.82) is 0 Å². The molecule has 0 bridgehead atoms. The molecule has 0 spiro atoms. The Labute approximate surface area is 107 Å². The fourth-order valence-electron chi connectivity index (χ4n) is 1.81. The van der Waals surface area contributed by atoms with Gasteiger partial charge in [0.15, 0.2) is 0 Å². The van der Waals surface area contributed by atoms with Gasteiger partial charge in [0.1, 0.15) is 0 Å². The zero-order valence-corrected chi connectivity index (χ0v) is 11.0. The maximum Gasteiger partial charge on any atom is 0.202 e. The summed E-state index contributed by atoms with van der Waals surface area (Å²) in [6.45, 7) is 7.15. The molecule has 0 atom stereocenters. The molecular weight excluding hydrogens is 228 g/mol. The lowest BCUT2D eigenvalue weighted by molar-refractivity contribution is 0.524. The fraction of sp³-hybridized carbons (Fsp3) is 0.583. The zero-order chi connectivity index (χ0) is 12.8. The van der Waals surface area contributed by atoms with Crippen LogP contribution in [0.25, 0.3) is 0 Å². The standard InChI is InChI=1S/C12H20N6/c1-11(2)10-17-8-5-14-12(17)13-4-3-7-18-9-6-15-16-18/h5-6,8-9,11H,3-4,7,10H2,1-2H3,(H,13,14). The Morgan fingerprint density at radius 3 is 2.89 bits per heavy atom. The van der Waals surface area contributed by atoms with Crippen LogP contribution in [0.5, 0.6) is 0 Å². The van der Waals surface area contributed by atoms with Gasteiger partial charge in [-0.05, 0) is 12.3 Å². The maximum absolute atomic E-state index is 4.32. The molecule has 0 amide bonds. The van der Waals surface area contributed by atoms with Gasteiger partial charge in [-0.25, -0.2) is 4.98 Å². The van der Waals surface area contributed by atoms with Crippen LogP contribution in [0.15, 0.2) is 24.8 Å². The predicted molar refractivity (Wildman–Crippen MR) is 70.2 cm³/mol. The van der Waals surface area contributed by atoms with Crippen LogP contribution in [-0.4, -0.2) is 31.1 Å². The minimum absolute atomic E-state index is 0.620. The van der Waals surface area contributed by atoms with E-state index in [1.165, 1.54) is 0 Å². The normalized spacial score (nSPS) is 11.1. The molecule has 2 aromatic rings. The average Bonchev–Trinajstić information content (AvgIpc) is 2.95. The first-order valence-corrected chi connectivity index (χ1v) is 6.35. The van der Waals surface area contributed by atoms with Crippen molar-refractivity contribution in [2.75, 3.05) is 11.9 Å². The topological polar surface area (TPSA) is 60.6 Å². The van der Waals surface area contributed by atoms with Crippen molar-refractivity contribution in [3.63, 3.8) is 0 Å². The molecule has 0 aromatic carbocycles. The number of aromatic nitrogens is 5. The van der Waals surface area contributed by atoms with Gasteiger partial charge in [0.2, 0.25) is 5.95 Å². The molecule has 0 aliphatic rings. The number of nitrogens with zero attached hydrogens (tertiary/aromatic N) is 5. The van der Waals surface area contributed by atoms with Crippen LogP contribution in [-0.2, 0) is 13.1 Å². The summed E-state index contributed by atoms with van der Waals surface area (Å²) < 4.78 is 3.99. The molecule has 0 fully saturated rings. The molecule has 0 unspecified atom stereocenters. The highest BCUT2D eigenvalue weighted by molar-refractivity contribution is 5.25. The van der Waals surface area contributed by atoms with Crippen LogP contribution in [0.4, 0.5) is 5.95 Å². The van der Waals surface area contributed by atoms with Crippen LogP contribution in [0.2, 0.25) is 0 Å². The van der Waals surface area contributed by atoms with Crippen LogP contribution in [0, 0.1) is 5.92 Å². The van der Waals surface area contributed by atoms with Crippen molar-refractivity contribution in [2.45, 2.75) is 33.4 Å². The van der Waals surface area contributed by atoms with Crippen LogP contribution < -0.4 is 5.32 Å². The van der Waals surface area contributed by atoms with Crippen molar-refractivity contribution in [3.8, 4) is 0 Å². The van der Waals surface area contributed by atoms with E-state index in [1.807, 2.05) is 23.3 Å². The zero-order valence-electron chi connectivity index (χ0n) is 11.0. The second-order valence-corrected chi connectivity index (χ2v) is 4.74. The number of nitrogens with one attached hydrogen (secondary N) is 1. The third-order valence-corrected chi connectivity index (χ3v) is 2.60. The van der Waals surface area contributed by atoms with E-state index < -0.39 is 0 Å². The highest BCUT2D eigenvalue weighted by atomic mass is 15.4. The number of imidazole rings is 1. The highest BCUT2D eigenvalue weighted by Gasteiger charge is 2.03. The van der Waals surface area contributed by atoms with E-state index >= 15 is 0 Å². The first-order valence-electron chi connectivity index (χ1n) is 6.35. The fourth-order valence-corrected chi connectivity index (χ4v) is 1.81. The second kappa shape index (κ2) is 6.18. The van der Waals surface area contributed by atoms with Gasteiger partial charge >= 0.3 is 0 Å². The Balaban J connectivity index is 1.74. The van der Waals surface area contributed by atoms with Crippen molar-refractivity contribution >= 4 is 5.95 Å². The van der Waals surface area contributed by atoms with E-state index in [4.69, 9.17) is 0 Å². The summed E-state index contributed by atoms with van der Waals surface area (Å²) in [6.07, 6.45) is 8.42. The monoisotopic (exact) mass is 248 g/mol. The average molecular weight is 248 g/mol. The molecule has 2 aromatic heterocycles. The highest BCUT2D eigenvalue weighted by Crippen LogP contribution is 2.08. The lowest BCUT2D eigenvalue weighted by Crippen LogP contribution is -2.13. The van der Waals surface area contributed by atoms with E-state index in [1.54, 1.807) is 6.20 Å². The molecule has 1 N–H and O–H groups in total. The summed E-state index contributed by atoms with van der Waals surface area (Å²) in [5.74, 6) is 1.57. The van der Waals surface area contributed by atoms with E-state index in [2.05, 4.69) is 39.0 Å². The molecule has 0 saturated heterocycles. The van der Waals surface area contributed by atoms with Crippen LogP contribution in [0.1, 0.15) is 20.3 Å². The quantitative estimate of drug-likeness (QED) is 0.757. The molecule has 0 aliphatic carbocycles. The molecule has 6 nitrogen and oxygen atoms in total. The van der Waals surface area contributed by atoms with Gasteiger partial charge < -0.3 is 9.88 Å². The van der Waals surface area contributed by atoms with Gasteiger partial charge in [0.05, 0.1) is 6.20 Å². The first-order chi connectivity index (χ1) is 8.75. The molecule has 6 heteroatoms. The molecule has 18 heavy (non-hydrogen) atoms. The summed E-state index contributed by atoms with van der Waals surface area (Å²) in [4.78, 5) is 4.32. The van der Waals surface area contributed by atoms with E-state index in [9.17, 15) is 0 Å². The summed E-state index contributed by atoms with van der Waals surface area (Å²) in [7, 11) is 0. The molecule has 98 valence electrons. The Morgan fingerprint density at radius 1 is 1.28 bits per heavy atom. The third kappa shape index (κ3) is 3.58. The van der Waals surface area contributed by atoms with Gasteiger partial charge in [0, 0.05) is 38.2 Å². The molecule has 2 rings (SSSR count). The van der Waals surface area contributed by atoms with E-state index in [-0.39, 0.29) is 0 Å². The van der Waals surface area contributed by atoms with Crippen LogP contribution >= 0.6 is 0 Å². The lowest BCUT2D eigenvalue weighted by atomic mass is 10.2. The van der Waals surface area contributed by atoms with E-state index in [0.29, 0.717) is 5.92 Å². The van der Waals surface area contributed by atoms with Crippen molar-refractivity contribution in [2.24, 2.45) is 5.92 Å². The predicted octanol–water partition coefficient (Wildman–Crippen LogP) is 1.63. The largest absolute Gasteiger partial charge is 0.356 e. The van der Waals surface area contributed by atoms with Crippen molar-refractivity contribution in [1.82, 2.24) is 24.5 Å². The Kier molecular flexibility index (Phi) is 4.33. The van der Waals surface area contributed by atoms with Gasteiger partial charge in [-0.15, -0.1) is 5.10 Å². The molecular formula is C12H20N6. The summed E-state index contributed by atoms with van der Waals surface area (Å²) in [6, 6.07) is 0. The Hall–Kier alpha value is -1.85. The van der Waals surface area contributed by atoms with Crippen LogP contribution in [0.3, 0.4) is 0 Å². The molecule has 2 heterocycles. The van der Waals surface area contributed by atoms with E-state index in [0.717, 1.165) is 32.0 Å². The number of rotatable bonds is 7. The molecule has 0 aliphatic heterocycles. The number of hydrogen-bond acceptors (Lipinski definition) is 4. The summed E-state index contributed by atoms with van der Waals surface area (Å²) >= 11 is 0. The number of aryl methyl sites for hydroxylation is 1. The first kappa shape index (κ1) is 12.6. The minimum Gasteiger partial charge on any atom is -0.356 e. The molecule has 0 saturated carbocycles. The summed E-state index contributed by atoms with van der Waals surface area (Å²) in [5, 5.41) is 11.1. The summed E-state index contributed by atoms with van der Waals surface area (Å²) in [5.41, 5.74) is 0. The number of hydrogen-bond donors (Lipinski definition) is 1. The SMILES string of the molecule is CC(C)Cn1ccnc1NCCCn1ccnn1. The molecule has 0 radical (unpaired) electrons. The maximum atomic E-state index is 4.32. The minimum atomic E-state index is 0.620. The smallest absolute Gasteiger partial charge is 0.202 e. The third-order valence-electron chi connectivity index (χ3n) is 2.60. The lowest BCUT2D eigenvalue weighted by Gasteiger charge is -2.11. The Bertz CT molecular complexity index is 445. The second-order valence-electron chi connectivity index (χ2n) is 4.74. The van der Waals surface area contributed by atoms with Gasteiger partial charge in [-0.3, -0.25) is 4.68 Å². The van der Waals surface area contributed by atoms with Crippen molar-refractivity contribution < 1.29 is 0 Å². The van der Waals surface area contributed by atoms with Gasteiger partial charge in [-0.1, -0.05) is 19.1 Å². The number of anilines is 1. The van der Waals surface area contributed by atoms with Gasteiger partial charge in [-0.2, -0.15) is 0 Å². The van der Waals surface area contributed by atoms with Crippen molar-refractivity contribution in [3.05, 3.63) is 24.8 Å². The van der Waals surface area contributed by atoms with Gasteiger partial charge in [0.25, 0.3) is 0 Å². The Morgan fingerprint density at radius 2 is 2.17 bits per heavy atom.